The first-order valence-corrected chi connectivity index (χ1v) is 28.0. The first-order chi connectivity index (χ1) is 38.6. The highest BCUT2D eigenvalue weighted by molar-refractivity contribution is 5.96. The van der Waals surface area contributed by atoms with Crippen molar-refractivity contribution in [2.75, 3.05) is 80.5 Å². The monoisotopic (exact) mass is 1160 g/mol. The molecule has 2 aliphatic heterocycles. The number of alkyl carbamates (subject to hydrolysis) is 2. The third-order valence-corrected chi connectivity index (χ3v) is 14.4. The van der Waals surface area contributed by atoms with Gasteiger partial charge in [0.15, 0.2) is 0 Å². The van der Waals surface area contributed by atoms with Crippen molar-refractivity contribution in [2.24, 2.45) is 11.8 Å². The van der Waals surface area contributed by atoms with Gasteiger partial charge in [-0.25, -0.2) is 9.59 Å². The van der Waals surface area contributed by atoms with Crippen molar-refractivity contribution in [3.05, 3.63) is 35.9 Å². The van der Waals surface area contributed by atoms with E-state index in [1.54, 1.807) is 72.0 Å². The van der Waals surface area contributed by atoms with Crippen molar-refractivity contribution in [3.63, 3.8) is 0 Å². The molecule has 82 heavy (non-hydrogen) atoms. The number of nitrogens with one attached hydrogen (secondary N) is 7. The van der Waals surface area contributed by atoms with Gasteiger partial charge in [0.25, 0.3) is 0 Å². The number of hydrogen-bond donors (Lipinski definition) is 8. The third-order valence-electron chi connectivity index (χ3n) is 14.4. The zero-order chi connectivity index (χ0) is 61.4. The topological polar surface area (TPSA) is 344 Å². The lowest BCUT2D eigenvalue weighted by molar-refractivity contribution is -0.146. The second kappa shape index (κ2) is 33.4. The van der Waals surface area contributed by atoms with Gasteiger partial charge in [0, 0.05) is 47.3 Å². The average molecular weight is 1160 g/mol. The normalized spacial score (nSPS) is 17.4. The summed E-state index contributed by atoms with van der Waals surface area (Å²) in [5.41, 5.74) is -0.305. The summed E-state index contributed by atoms with van der Waals surface area (Å²) in [6, 6.07) is 1.56. The van der Waals surface area contributed by atoms with Gasteiger partial charge in [-0.15, -0.1) is 0 Å². The van der Waals surface area contributed by atoms with Crippen molar-refractivity contribution in [1.82, 2.24) is 61.7 Å². The van der Waals surface area contributed by atoms with E-state index in [1.807, 2.05) is 13.8 Å². The zero-order valence-corrected chi connectivity index (χ0v) is 49.4. The number of likely N-dealkylation sites (N-methyl/N-ethyl adjacent to an activating group) is 4. The number of likely N-dealkylation sites (tertiary alicyclic amines) is 2. The Bertz CT molecular complexity index is 2390. The number of carbonyl (C=O) groups is 12. The van der Waals surface area contributed by atoms with Crippen molar-refractivity contribution in [1.29, 1.82) is 0 Å². The molecule has 458 valence electrons. The van der Waals surface area contributed by atoms with Gasteiger partial charge >= 0.3 is 18.2 Å². The molecular weight excluding hydrogens is 1070 g/mol. The Balaban J connectivity index is 1.75. The van der Waals surface area contributed by atoms with Crippen molar-refractivity contribution < 1.29 is 72.1 Å². The van der Waals surface area contributed by atoms with Crippen LogP contribution in [0, 0.1) is 11.8 Å². The fourth-order valence-electron chi connectivity index (χ4n) is 9.47. The summed E-state index contributed by atoms with van der Waals surface area (Å²) >= 11 is 0. The van der Waals surface area contributed by atoms with Crippen LogP contribution in [0.15, 0.2) is 30.3 Å². The largest absolute Gasteiger partial charge is 0.480 e. The minimum atomic E-state index is -1.48. The molecule has 8 N–H and O–H groups in total. The lowest BCUT2D eigenvalue weighted by Gasteiger charge is -2.37. The number of carboxylic acids is 1. The first-order valence-electron chi connectivity index (χ1n) is 28.0. The molecule has 1 aromatic carbocycles. The van der Waals surface area contributed by atoms with Gasteiger partial charge in [0.1, 0.15) is 55.0 Å². The molecular formula is C55H88N12O15. The number of carbonyl (C=O) groups excluding carboxylic acids is 11. The Morgan fingerprint density at radius 2 is 1.10 bits per heavy atom. The molecule has 0 radical (unpaired) electrons. The van der Waals surface area contributed by atoms with Crippen LogP contribution >= 0.6 is 0 Å². The molecule has 0 aromatic heterocycles. The maximum Gasteiger partial charge on any atom is 0.408 e. The van der Waals surface area contributed by atoms with E-state index in [4.69, 9.17) is 14.6 Å². The van der Waals surface area contributed by atoms with Crippen LogP contribution in [0.25, 0.3) is 0 Å². The number of carboxylic acid groups (broad SMARTS) is 1. The van der Waals surface area contributed by atoms with E-state index in [0.29, 0.717) is 44.1 Å². The number of ether oxygens (including phenoxy) is 2. The third kappa shape index (κ3) is 21.4. The SMILES string of the molecule is CC[C@H](C)[C@@H](C(=O)NC[C@@H](NC(=O)OC(C)(C)C)C(=O)N1CCCC[C@H]1C(=O)NCC(=O)N(C)CC(=O)N(C)[C@H](C(=O)NC[C@@H](NC(=O)OCc1ccccc1)C(=O)N1CCCC[C@H]1C(=O)NCC(=O)O)[C@@H](C)CC)N(C)C(=O)CNC. The molecule has 11 amide bonds. The first kappa shape index (κ1) is 68.7. The van der Waals surface area contributed by atoms with E-state index in [-0.39, 0.29) is 50.9 Å². The maximum atomic E-state index is 14.4. The molecule has 2 fully saturated rings. The van der Waals surface area contributed by atoms with Crippen LogP contribution in [0.1, 0.15) is 105 Å². The Kier molecular flexibility index (Phi) is 28.0. The summed E-state index contributed by atoms with van der Waals surface area (Å²) in [4.78, 5) is 168. The van der Waals surface area contributed by atoms with Crippen LogP contribution < -0.4 is 37.2 Å². The summed E-state index contributed by atoms with van der Waals surface area (Å²) in [6.07, 6.45) is 1.47. The van der Waals surface area contributed by atoms with Crippen LogP contribution in [0.4, 0.5) is 9.59 Å². The van der Waals surface area contributed by atoms with Gasteiger partial charge < -0.3 is 76.3 Å². The highest BCUT2D eigenvalue weighted by Crippen LogP contribution is 2.22. The molecule has 0 spiro atoms. The average Bonchev–Trinajstić information content (AvgIpc) is 3.50. The van der Waals surface area contributed by atoms with E-state index in [2.05, 4.69) is 37.2 Å². The van der Waals surface area contributed by atoms with Crippen molar-refractivity contribution in [2.45, 2.75) is 148 Å². The molecule has 8 atom stereocenters. The molecule has 0 unspecified atom stereocenters. The van der Waals surface area contributed by atoms with E-state index in [1.165, 1.54) is 35.8 Å². The molecule has 0 bridgehead atoms. The number of piperidine rings is 2. The number of rotatable bonds is 28. The van der Waals surface area contributed by atoms with Gasteiger partial charge in [-0.1, -0.05) is 70.9 Å². The molecule has 0 saturated carbocycles. The van der Waals surface area contributed by atoms with E-state index in [9.17, 15) is 57.5 Å². The second-order valence-electron chi connectivity index (χ2n) is 21.8. The Morgan fingerprint density at radius 1 is 0.634 bits per heavy atom. The maximum absolute atomic E-state index is 14.4. The summed E-state index contributed by atoms with van der Waals surface area (Å²) in [5, 5.41) is 27.3. The zero-order valence-electron chi connectivity index (χ0n) is 49.4. The molecule has 2 heterocycles. The summed E-state index contributed by atoms with van der Waals surface area (Å²) < 4.78 is 10.8. The van der Waals surface area contributed by atoms with Gasteiger partial charge in [0.05, 0.1) is 19.6 Å². The minimum Gasteiger partial charge on any atom is -0.480 e. The van der Waals surface area contributed by atoms with Crippen LogP contribution in [0.3, 0.4) is 0 Å². The van der Waals surface area contributed by atoms with Gasteiger partial charge in [-0.2, -0.15) is 0 Å². The number of amides is 11. The Hall–Kier alpha value is -7.58. The fourth-order valence-corrected chi connectivity index (χ4v) is 9.47. The molecule has 27 nitrogen and oxygen atoms in total. The number of nitrogens with zero attached hydrogens (tertiary/aromatic N) is 5. The molecule has 2 aliphatic rings. The lowest BCUT2D eigenvalue weighted by atomic mass is 9.96. The number of aliphatic carboxylic acids is 1. The highest BCUT2D eigenvalue weighted by Gasteiger charge is 2.41. The predicted molar refractivity (Wildman–Crippen MR) is 299 cm³/mol. The highest BCUT2D eigenvalue weighted by atomic mass is 16.6. The van der Waals surface area contributed by atoms with E-state index >= 15 is 0 Å². The number of hydrogen-bond acceptors (Lipinski definition) is 15. The van der Waals surface area contributed by atoms with Gasteiger partial charge in [-0.05, 0) is 83.7 Å². The molecule has 3 rings (SSSR count). The molecule has 2 saturated heterocycles. The van der Waals surface area contributed by atoms with Crippen LogP contribution in [0.5, 0.6) is 0 Å². The van der Waals surface area contributed by atoms with Gasteiger partial charge in [0.2, 0.25) is 53.2 Å². The summed E-state index contributed by atoms with van der Waals surface area (Å²) in [5.74, 6) is -7.91. The smallest absolute Gasteiger partial charge is 0.408 e. The van der Waals surface area contributed by atoms with Crippen molar-refractivity contribution in [3.8, 4) is 0 Å². The standard InChI is InChI=1S/C55H88N12O15/c1-12-34(3)45(64(10)42(69)29-56-8)49(75)58-28-38(62-54(80)82-55(5,6)7)52(78)66-25-19-17-23-39(66)47(73)59-30-41(68)63(9)32-43(70)65(11)46(35(4)13-2)50(76)57-27-37(61-53(79)81-33-36-21-15-14-16-22-36)51(77)67-26-20-18-24-40(67)48(74)60-31-44(71)72/h14-16,21-22,34-35,37-40,45-46,56H,12-13,17-20,23-33H2,1-11H3,(H,57,76)(H,58,75)(H,59,73)(H,60,74)(H,61,79)(H,62,80)(H,71,72)/t34-,35-,37+,38+,39-,40-,45-,46-/m0/s1. The van der Waals surface area contributed by atoms with Crippen molar-refractivity contribution >= 4 is 71.3 Å². The molecule has 0 aliphatic carbocycles. The van der Waals surface area contributed by atoms with Gasteiger partial charge in [-0.3, -0.25) is 47.9 Å². The predicted octanol–water partition coefficient (Wildman–Crippen LogP) is -0.0897. The van der Waals surface area contributed by atoms with Crippen LogP contribution in [-0.4, -0.2) is 223 Å². The summed E-state index contributed by atoms with van der Waals surface area (Å²) in [7, 11) is 5.80. The second-order valence-corrected chi connectivity index (χ2v) is 21.8. The number of benzene rings is 1. The van der Waals surface area contributed by atoms with E-state index < -0.39 is 146 Å². The molecule has 27 heteroatoms. The summed E-state index contributed by atoms with van der Waals surface area (Å²) in [6.45, 7) is 9.35. The Labute approximate surface area is 480 Å². The molecule has 1 aromatic rings. The van der Waals surface area contributed by atoms with E-state index in [0.717, 1.165) is 9.80 Å². The minimum absolute atomic E-state index is 0.0210. The van der Waals surface area contributed by atoms with Crippen LogP contribution in [-0.2, 0) is 64.0 Å². The lowest BCUT2D eigenvalue weighted by Crippen LogP contribution is -2.61. The quantitative estimate of drug-likeness (QED) is 0.0544. The fraction of sp³-hybridized carbons (Fsp3) is 0.673. The van der Waals surface area contributed by atoms with Crippen LogP contribution in [0.2, 0.25) is 0 Å². The Morgan fingerprint density at radius 3 is 1.55 bits per heavy atom.